The third kappa shape index (κ3) is 4.08. The van der Waals surface area contributed by atoms with E-state index in [1.54, 1.807) is 0 Å². The minimum Gasteiger partial charge on any atom is -0.314 e. The minimum absolute atomic E-state index is 0.678. The number of nitrogens with one attached hydrogen (secondary N) is 1. The lowest BCUT2D eigenvalue weighted by Crippen LogP contribution is -2.51. The van der Waals surface area contributed by atoms with E-state index in [9.17, 15) is 0 Å². The highest BCUT2D eigenvalue weighted by atomic mass is 79.9. The Morgan fingerprint density at radius 1 is 1.44 bits per heavy atom. The van der Waals surface area contributed by atoms with Crippen LogP contribution in [0.25, 0.3) is 0 Å². The van der Waals surface area contributed by atoms with E-state index in [4.69, 9.17) is 0 Å². The van der Waals surface area contributed by atoms with Crippen LogP contribution in [0, 0.1) is 5.92 Å². The van der Waals surface area contributed by atoms with E-state index in [1.807, 2.05) is 0 Å². The molecule has 0 spiro atoms. The third-order valence-electron chi connectivity index (χ3n) is 3.49. The second-order valence-electron chi connectivity index (χ2n) is 5.59. The molecular formula is C15H23BrN2. The Morgan fingerprint density at radius 3 is 3.00 bits per heavy atom. The van der Waals surface area contributed by atoms with E-state index in [2.05, 4.69) is 64.3 Å². The number of piperazine rings is 1. The van der Waals surface area contributed by atoms with Crippen molar-refractivity contribution in [1.82, 2.24) is 10.2 Å². The molecule has 3 heteroatoms. The van der Waals surface area contributed by atoms with E-state index in [-0.39, 0.29) is 0 Å². The van der Waals surface area contributed by atoms with Gasteiger partial charge in [-0.1, -0.05) is 41.9 Å². The van der Waals surface area contributed by atoms with E-state index >= 15 is 0 Å². The Kier molecular flexibility index (Phi) is 5.22. The minimum atomic E-state index is 0.678. The first kappa shape index (κ1) is 14.0. The summed E-state index contributed by atoms with van der Waals surface area (Å²) < 4.78 is 1.18. The molecule has 2 nitrogen and oxygen atoms in total. The Balaban J connectivity index is 2.00. The maximum atomic E-state index is 3.55. The Bertz CT molecular complexity index is 379. The van der Waals surface area contributed by atoms with Gasteiger partial charge in [-0.2, -0.15) is 0 Å². The average molecular weight is 311 g/mol. The Labute approximate surface area is 119 Å². The third-order valence-corrected chi connectivity index (χ3v) is 3.98. The quantitative estimate of drug-likeness (QED) is 0.918. The molecular weight excluding hydrogens is 288 g/mol. The molecule has 1 N–H and O–H groups in total. The molecule has 100 valence electrons. The summed E-state index contributed by atoms with van der Waals surface area (Å²) in [5, 5.41) is 3.52. The van der Waals surface area contributed by atoms with Gasteiger partial charge in [-0.15, -0.1) is 0 Å². The van der Waals surface area contributed by atoms with Crippen molar-refractivity contribution in [1.29, 1.82) is 0 Å². The van der Waals surface area contributed by atoms with Gasteiger partial charge in [0.05, 0.1) is 0 Å². The van der Waals surface area contributed by atoms with Crippen LogP contribution in [0.2, 0.25) is 0 Å². The number of benzene rings is 1. The van der Waals surface area contributed by atoms with Gasteiger partial charge in [-0.25, -0.2) is 0 Å². The fourth-order valence-corrected chi connectivity index (χ4v) is 3.10. The monoisotopic (exact) mass is 310 g/mol. The summed E-state index contributed by atoms with van der Waals surface area (Å²) in [4.78, 5) is 2.62. The van der Waals surface area contributed by atoms with Gasteiger partial charge in [-0.3, -0.25) is 4.90 Å². The predicted octanol–water partition coefficient (Wildman–Crippen LogP) is 3.27. The molecule has 1 aromatic carbocycles. The van der Waals surface area contributed by atoms with Gasteiger partial charge in [-0.05, 0) is 30.0 Å². The first-order valence-corrected chi connectivity index (χ1v) is 7.63. The van der Waals surface area contributed by atoms with Crippen LogP contribution >= 0.6 is 15.9 Å². The second-order valence-corrected chi connectivity index (χ2v) is 6.50. The molecule has 1 unspecified atom stereocenters. The molecule has 1 aliphatic rings. The number of rotatable bonds is 4. The summed E-state index contributed by atoms with van der Waals surface area (Å²) in [7, 11) is 0. The Morgan fingerprint density at radius 2 is 2.28 bits per heavy atom. The van der Waals surface area contributed by atoms with Gasteiger partial charge in [0, 0.05) is 36.7 Å². The van der Waals surface area contributed by atoms with Gasteiger partial charge in [0.15, 0.2) is 0 Å². The molecule has 1 heterocycles. The Hall–Kier alpha value is -0.380. The van der Waals surface area contributed by atoms with Crippen molar-refractivity contribution in [3.05, 3.63) is 34.3 Å². The summed E-state index contributed by atoms with van der Waals surface area (Å²) in [5.74, 6) is 0.764. The largest absolute Gasteiger partial charge is 0.314 e. The van der Waals surface area contributed by atoms with Crippen molar-refractivity contribution in [2.24, 2.45) is 5.92 Å². The molecule has 0 bridgehead atoms. The SMILES string of the molecule is CC(C)CC1CNCCN1Cc1cccc(Br)c1. The van der Waals surface area contributed by atoms with Gasteiger partial charge in [0.1, 0.15) is 0 Å². The molecule has 0 radical (unpaired) electrons. The molecule has 0 amide bonds. The van der Waals surface area contributed by atoms with Gasteiger partial charge >= 0.3 is 0 Å². The standard InChI is InChI=1S/C15H23BrN2/c1-12(2)8-15-10-17-6-7-18(15)11-13-4-3-5-14(16)9-13/h3-5,9,12,15,17H,6-8,10-11H2,1-2H3. The maximum absolute atomic E-state index is 3.55. The fourth-order valence-electron chi connectivity index (χ4n) is 2.66. The summed E-state index contributed by atoms with van der Waals surface area (Å²) in [6, 6.07) is 9.34. The fraction of sp³-hybridized carbons (Fsp3) is 0.600. The number of hydrogen-bond acceptors (Lipinski definition) is 2. The highest BCUT2D eigenvalue weighted by molar-refractivity contribution is 9.10. The summed E-state index contributed by atoms with van der Waals surface area (Å²) in [5.41, 5.74) is 1.40. The molecule has 0 saturated carbocycles. The first-order chi connectivity index (χ1) is 8.65. The normalized spacial score (nSPS) is 21.4. The van der Waals surface area contributed by atoms with Crippen molar-refractivity contribution in [3.8, 4) is 0 Å². The smallest absolute Gasteiger partial charge is 0.0238 e. The van der Waals surface area contributed by atoms with E-state index in [1.165, 1.54) is 16.5 Å². The molecule has 1 aliphatic heterocycles. The molecule has 1 saturated heterocycles. The average Bonchev–Trinajstić information content (AvgIpc) is 2.31. The second kappa shape index (κ2) is 6.69. The predicted molar refractivity (Wildman–Crippen MR) is 80.7 cm³/mol. The number of halogens is 1. The van der Waals surface area contributed by atoms with Gasteiger partial charge in [0.25, 0.3) is 0 Å². The van der Waals surface area contributed by atoms with Gasteiger partial charge in [0.2, 0.25) is 0 Å². The van der Waals surface area contributed by atoms with Crippen molar-refractivity contribution < 1.29 is 0 Å². The molecule has 2 rings (SSSR count). The highest BCUT2D eigenvalue weighted by Gasteiger charge is 2.22. The zero-order valence-corrected chi connectivity index (χ0v) is 12.9. The van der Waals surface area contributed by atoms with Crippen molar-refractivity contribution in [2.45, 2.75) is 32.9 Å². The van der Waals surface area contributed by atoms with E-state index < -0.39 is 0 Å². The van der Waals surface area contributed by atoms with Crippen LogP contribution in [0.3, 0.4) is 0 Å². The molecule has 1 fully saturated rings. The number of nitrogens with zero attached hydrogens (tertiary/aromatic N) is 1. The van der Waals surface area contributed by atoms with Crippen LogP contribution in [-0.2, 0) is 6.54 Å². The lowest BCUT2D eigenvalue weighted by atomic mass is 10.00. The topological polar surface area (TPSA) is 15.3 Å². The van der Waals surface area contributed by atoms with Crippen LogP contribution in [0.4, 0.5) is 0 Å². The molecule has 1 aromatic rings. The highest BCUT2D eigenvalue weighted by Crippen LogP contribution is 2.18. The van der Waals surface area contributed by atoms with Crippen molar-refractivity contribution >= 4 is 15.9 Å². The maximum Gasteiger partial charge on any atom is 0.0238 e. The van der Waals surface area contributed by atoms with Crippen LogP contribution in [0.1, 0.15) is 25.8 Å². The lowest BCUT2D eigenvalue weighted by molar-refractivity contribution is 0.134. The molecule has 0 aromatic heterocycles. The van der Waals surface area contributed by atoms with E-state index in [0.29, 0.717) is 6.04 Å². The summed E-state index contributed by atoms with van der Waals surface area (Å²) in [6.07, 6.45) is 1.28. The van der Waals surface area contributed by atoms with Crippen LogP contribution in [0.5, 0.6) is 0 Å². The molecule has 18 heavy (non-hydrogen) atoms. The lowest BCUT2D eigenvalue weighted by Gasteiger charge is -2.37. The summed E-state index contributed by atoms with van der Waals surface area (Å²) in [6.45, 7) is 9.09. The van der Waals surface area contributed by atoms with Crippen LogP contribution in [-0.4, -0.2) is 30.6 Å². The molecule has 0 aliphatic carbocycles. The van der Waals surface area contributed by atoms with E-state index in [0.717, 1.165) is 32.1 Å². The number of hydrogen-bond donors (Lipinski definition) is 1. The summed E-state index contributed by atoms with van der Waals surface area (Å²) >= 11 is 3.55. The zero-order chi connectivity index (χ0) is 13.0. The van der Waals surface area contributed by atoms with Gasteiger partial charge < -0.3 is 5.32 Å². The van der Waals surface area contributed by atoms with Crippen LogP contribution < -0.4 is 5.32 Å². The van der Waals surface area contributed by atoms with Crippen molar-refractivity contribution in [3.63, 3.8) is 0 Å². The molecule has 1 atom stereocenters. The zero-order valence-electron chi connectivity index (χ0n) is 11.3. The van der Waals surface area contributed by atoms with Crippen LogP contribution in [0.15, 0.2) is 28.7 Å². The van der Waals surface area contributed by atoms with Crippen molar-refractivity contribution in [2.75, 3.05) is 19.6 Å². The first-order valence-electron chi connectivity index (χ1n) is 6.84.